The molecule has 0 saturated heterocycles. The van der Waals surface area contributed by atoms with Crippen LogP contribution in [0.15, 0.2) is 85.2 Å². The molecule has 1 aromatic heterocycles. The molecule has 0 fully saturated rings. The summed E-state index contributed by atoms with van der Waals surface area (Å²) in [5.74, 6) is -0.0743. The number of carbonyl (C=O) groups is 1. The van der Waals surface area contributed by atoms with E-state index in [0.717, 1.165) is 11.4 Å². The SMILES string of the molecule is O=C(c1ccncc1)N(c1ccccc1)c1ccccc1. The number of benzene rings is 2. The Kier molecular flexibility index (Phi) is 3.74. The molecule has 3 rings (SSSR count). The number of carbonyl (C=O) groups excluding carboxylic acids is 1. The number of hydrogen-bond acceptors (Lipinski definition) is 2. The minimum atomic E-state index is -0.0743. The van der Waals surface area contributed by atoms with E-state index in [9.17, 15) is 4.79 Å². The first-order valence-electron chi connectivity index (χ1n) is 6.71. The Morgan fingerprint density at radius 1 is 0.714 bits per heavy atom. The van der Waals surface area contributed by atoms with E-state index < -0.39 is 0 Å². The first kappa shape index (κ1) is 13.1. The summed E-state index contributed by atoms with van der Waals surface area (Å²) in [6.07, 6.45) is 3.25. The number of rotatable bonds is 3. The summed E-state index contributed by atoms with van der Waals surface area (Å²) in [5.41, 5.74) is 2.29. The second-order valence-corrected chi connectivity index (χ2v) is 4.55. The average molecular weight is 274 g/mol. The van der Waals surface area contributed by atoms with Gasteiger partial charge in [0.05, 0.1) is 0 Å². The lowest BCUT2D eigenvalue weighted by Gasteiger charge is -2.23. The Labute approximate surface area is 123 Å². The summed E-state index contributed by atoms with van der Waals surface area (Å²) in [6.45, 7) is 0. The molecule has 0 spiro atoms. The van der Waals surface area contributed by atoms with Crippen molar-refractivity contribution in [2.24, 2.45) is 0 Å². The molecular formula is C18H14N2O. The van der Waals surface area contributed by atoms with Crippen molar-refractivity contribution in [3.63, 3.8) is 0 Å². The lowest BCUT2D eigenvalue weighted by Crippen LogP contribution is -2.25. The van der Waals surface area contributed by atoms with Gasteiger partial charge < -0.3 is 0 Å². The predicted octanol–water partition coefficient (Wildman–Crippen LogP) is 4.06. The summed E-state index contributed by atoms with van der Waals surface area (Å²) in [6, 6.07) is 22.7. The molecule has 1 heterocycles. The minimum absolute atomic E-state index is 0.0743. The van der Waals surface area contributed by atoms with Gasteiger partial charge in [-0.05, 0) is 36.4 Å². The van der Waals surface area contributed by atoms with E-state index in [1.807, 2.05) is 60.7 Å². The fraction of sp³-hybridized carbons (Fsp3) is 0. The largest absolute Gasteiger partial charge is 0.277 e. The molecule has 0 aliphatic heterocycles. The minimum Gasteiger partial charge on any atom is -0.277 e. The zero-order valence-corrected chi connectivity index (χ0v) is 11.4. The number of pyridine rings is 1. The summed E-state index contributed by atoms with van der Waals surface area (Å²) in [5, 5.41) is 0. The Balaban J connectivity index is 2.07. The number of aromatic nitrogens is 1. The molecule has 0 N–H and O–H groups in total. The van der Waals surface area contributed by atoms with Crippen LogP contribution in [0.5, 0.6) is 0 Å². The number of hydrogen-bond donors (Lipinski definition) is 0. The van der Waals surface area contributed by atoms with Crippen molar-refractivity contribution in [1.29, 1.82) is 0 Å². The van der Waals surface area contributed by atoms with Gasteiger partial charge in [0.1, 0.15) is 0 Å². The van der Waals surface area contributed by atoms with Gasteiger partial charge in [-0.1, -0.05) is 36.4 Å². The third-order valence-electron chi connectivity index (χ3n) is 3.16. The number of para-hydroxylation sites is 2. The van der Waals surface area contributed by atoms with Crippen molar-refractivity contribution >= 4 is 17.3 Å². The van der Waals surface area contributed by atoms with Crippen LogP contribution in [0.25, 0.3) is 0 Å². The normalized spacial score (nSPS) is 10.1. The highest BCUT2D eigenvalue weighted by Crippen LogP contribution is 2.26. The molecule has 1 amide bonds. The molecule has 3 nitrogen and oxygen atoms in total. The van der Waals surface area contributed by atoms with E-state index in [2.05, 4.69) is 4.98 Å². The van der Waals surface area contributed by atoms with Gasteiger partial charge >= 0.3 is 0 Å². The Morgan fingerprint density at radius 2 is 1.19 bits per heavy atom. The molecule has 0 unspecified atom stereocenters. The maximum Gasteiger partial charge on any atom is 0.262 e. The van der Waals surface area contributed by atoms with Gasteiger partial charge in [-0.25, -0.2) is 0 Å². The number of nitrogens with zero attached hydrogens (tertiary/aromatic N) is 2. The van der Waals surface area contributed by atoms with E-state index in [-0.39, 0.29) is 5.91 Å². The first-order valence-corrected chi connectivity index (χ1v) is 6.71. The number of anilines is 2. The third-order valence-corrected chi connectivity index (χ3v) is 3.16. The van der Waals surface area contributed by atoms with E-state index in [4.69, 9.17) is 0 Å². The fourth-order valence-corrected chi connectivity index (χ4v) is 2.16. The highest BCUT2D eigenvalue weighted by molar-refractivity contribution is 6.10. The molecule has 0 saturated carbocycles. The summed E-state index contributed by atoms with van der Waals surface area (Å²) >= 11 is 0. The molecule has 3 aromatic rings. The average Bonchev–Trinajstić information content (AvgIpc) is 2.58. The van der Waals surface area contributed by atoms with Crippen molar-refractivity contribution in [2.75, 3.05) is 4.90 Å². The zero-order valence-electron chi connectivity index (χ0n) is 11.4. The van der Waals surface area contributed by atoms with Gasteiger partial charge in [-0.15, -0.1) is 0 Å². The summed E-state index contributed by atoms with van der Waals surface area (Å²) < 4.78 is 0. The van der Waals surface area contributed by atoms with E-state index in [1.54, 1.807) is 29.4 Å². The maximum atomic E-state index is 12.8. The Hall–Kier alpha value is -2.94. The van der Waals surface area contributed by atoms with Crippen LogP contribution in [0.2, 0.25) is 0 Å². The zero-order chi connectivity index (χ0) is 14.5. The molecule has 0 aliphatic rings. The van der Waals surface area contributed by atoms with Gasteiger partial charge in [0, 0.05) is 29.3 Å². The molecule has 0 aliphatic carbocycles. The molecular weight excluding hydrogens is 260 g/mol. The molecule has 0 bridgehead atoms. The fourth-order valence-electron chi connectivity index (χ4n) is 2.16. The first-order chi connectivity index (χ1) is 10.4. The predicted molar refractivity (Wildman–Crippen MR) is 83.6 cm³/mol. The van der Waals surface area contributed by atoms with Crippen LogP contribution >= 0.6 is 0 Å². The van der Waals surface area contributed by atoms with Crippen molar-refractivity contribution in [3.05, 3.63) is 90.8 Å². The van der Waals surface area contributed by atoms with Gasteiger partial charge in [-0.2, -0.15) is 0 Å². The Morgan fingerprint density at radius 3 is 1.67 bits per heavy atom. The van der Waals surface area contributed by atoms with Crippen molar-refractivity contribution < 1.29 is 4.79 Å². The van der Waals surface area contributed by atoms with Gasteiger partial charge in [0.2, 0.25) is 0 Å². The molecule has 0 atom stereocenters. The standard InChI is InChI=1S/C18H14N2O/c21-18(15-11-13-19-14-12-15)20(16-7-3-1-4-8-16)17-9-5-2-6-10-17/h1-14H. The van der Waals surface area contributed by atoms with Crippen LogP contribution in [0.3, 0.4) is 0 Å². The van der Waals surface area contributed by atoms with Crippen molar-refractivity contribution in [3.8, 4) is 0 Å². The second kappa shape index (κ2) is 6.01. The maximum absolute atomic E-state index is 12.8. The molecule has 2 aromatic carbocycles. The lowest BCUT2D eigenvalue weighted by molar-refractivity contribution is 0.0999. The van der Waals surface area contributed by atoms with Gasteiger partial charge in [0.25, 0.3) is 5.91 Å². The summed E-state index contributed by atoms with van der Waals surface area (Å²) in [7, 11) is 0. The topological polar surface area (TPSA) is 33.2 Å². The van der Waals surface area contributed by atoms with Crippen molar-refractivity contribution in [2.45, 2.75) is 0 Å². The van der Waals surface area contributed by atoms with Crippen LogP contribution < -0.4 is 4.90 Å². The number of amides is 1. The Bertz CT molecular complexity index is 672. The monoisotopic (exact) mass is 274 g/mol. The highest BCUT2D eigenvalue weighted by atomic mass is 16.2. The molecule has 3 heteroatoms. The van der Waals surface area contributed by atoms with Crippen LogP contribution in [-0.2, 0) is 0 Å². The second-order valence-electron chi connectivity index (χ2n) is 4.55. The highest BCUT2D eigenvalue weighted by Gasteiger charge is 2.19. The summed E-state index contributed by atoms with van der Waals surface area (Å²) in [4.78, 5) is 18.5. The smallest absolute Gasteiger partial charge is 0.262 e. The van der Waals surface area contributed by atoms with Crippen molar-refractivity contribution in [1.82, 2.24) is 4.98 Å². The van der Waals surface area contributed by atoms with Gasteiger partial charge in [-0.3, -0.25) is 14.7 Å². The van der Waals surface area contributed by atoms with Crippen LogP contribution in [-0.4, -0.2) is 10.9 Å². The third kappa shape index (κ3) is 2.82. The van der Waals surface area contributed by atoms with Crippen LogP contribution in [0.1, 0.15) is 10.4 Å². The molecule has 21 heavy (non-hydrogen) atoms. The van der Waals surface area contributed by atoms with Crippen LogP contribution in [0.4, 0.5) is 11.4 Å². The molecule has 102 valence electrons. The van der Waals surface area contributed by atoms with E-state index >= 15 is 0 Å². The molecule has 0 radical (unpaired) electrons. The van der Waals surface area contributed by atoms with Crippen LogP contribution in [0, 0.1) is 0 Å². The van der Waals surface area contributed by atoms with E-state index in [1.165, 1.54) is 0 Å². The van der Waals surface area contributed by atoms with Gasteiger partial charge in [0.15, 0.2) is 0 Å². The lowest BCUT2D eigenvalue weighted by atomic mass is 10.1. The quantitative estimate of drug-likeness (QED) is 0.721. The van der Waals surface area contributed by atoms with E-state index in [0.29, 0.717) is 5.56 Å².